The first-order chi connectivity index (χ1) is 8.25. The first-order valence-corrected chi connectivity index (χ1v) is 7.79. The maximum Gasteiger partial charge on any atom is 0.251 e. The number of thioether (sulfide) groups is 2. The van der Waals surface area contributed by atoms with Crippen molar-refractivity contribution in [1.82, 2.24) is 5.32 Å². The van der Waals surface area contributed by atoms with Crippen LogP contribution in [0.25, 0.3) is 0 Å². The molecule has 0 radical (unpaired) electrons. The third-order valence-corrected chi connectivity index (χ3v) is 5.39. The second-order valence-electron chi connectivity index (χ2n) is 3.90. The Balaban J connectivity index is 0.00000162. The molecule has 0 aromatic heterocycles. The highest BCUT2D eigenvalue weighted by Crippen LogP contribution is 2.23. The normalized spacial score (nSPS) is 18.8. The molecule has 0 saturated carbocycles. The van der Waals surface area contributed by atoms with Crippen molar-refractivity contribution in [1.29, 1.82) is 0 Å². The topological polar surface area (TPSA) is 55.1 Å². The van der Waals surface area contributed by atoms with Crippen molar-refractivity contribution in [3.05, 3.63) is 29.8 Å². The smallest absolute Gasteiger partial charge is 0.251 e. The molecule has 1 aliphatic rings. The lowest BCUT2D eigenvalue weighted by atomic mass is 10.2. The van der Waals surface area contributed by atoms with Crippen molar-refractivity contribution in [3.63, 3.8) is 0 Å². The van der Waals surface area contributed by atoms with Gasteiger partial charge in [-0.05, 0) is 24.3 Å². The first-order valence-electron chi connectivity index (χ1n) is 5.59. The monoisotopic (exact) mass is 304 g/mol. The number of nitrogens with one attached hydrogen (secondary N) is 1. The lowest BCUT2D eigenvalue weighted by Crippen LogP contribution is -2.33. The minimum absolute atomic E-state index is 0. The van der Waals surface area contributed by atoms with Gasteiger partial charge in [0.15, 0.2) is 0 Å². The zero-order valence-corrected chi connectivity index (χ0v) is 12.4. The first kappa shape index (κ1) is 15.5. The Bertz CT molecular complexity index is 380. The van der Waals surface area contributed by atoms with E-state index in [-0.39, 0.29) is 18.3 Å². The Morgan fingerprint density at radius 3 is 2.67 bits per heavy atom. The van der Waals surface area contributed by atoms with Crippen molar-refractivity contribution >= 4 is 47.5 Å². The van der Waals surface area contributed by atoms with Gasteiger partial charge in [0.1, 0.15) is 0 Å². The van der Waals surface area contributed by atoms with Gasteiger partial charge in [-0.15, -0.1) is 12.4 Å². The molecule has 2 rings (SSSR count). The van der Waals surface area contributed by atoms with E-state index in [1.54, 1.807) is 24.3 Å². The second kappa shape index (κ2) is 7.81. The maximum absolute atomic E-state index is 11.8. The number of carbonyl (C=O) groups is 1. The molecule has 1 aromatic rings. The maximum atomic E-state index is 11.8. The summed E-state index contributed by atoms with van der Waals surface area (Å²) in [6.45, 7) is 0.751. The molecule has 1 amide bonds. The van der Waals surface area contributed by atoms with E-state index in [0.29, 0.717) is 16.5 Å². The molecule has 1 saturated heterocycles. The van der Waals surface area contributed by atoms with Crippen LogP contribution in [0.1, 0.15) is 10.4 Å². The fourth-order valence-electron chi connectivity index (χ4n) is 1.60. The van der Waals surface area contributed by atoms with Crippen molar-refractivity contribution in [2.75, 3.05) is 29.5 Å². The Morgan fingerprint density at radius 1 is 1.33 bits per heavy atom. The number of rotatable bonds is 3. The zero-order valence-electron chi connectivity index (χ0n) is 9.93. The SMILES string of the molecule is Cl.Nc1ccc(C(=O)NCC2CSCCS2)cc1. The van der Waals surface area contributed by atoms with Crippen molar-refractivity contribution in [2.24, 2.45) is 0 Å². The van der Waals surface area contributed by atoms with Crippen LogP contribution in [0.15, 0.2) is 24.3 Å². The Morgan fingerprint density at radius 2 is 2.06 bits per heavy atom. The van der Waals surface area contributed by atoms with Crippen LogP contribution in [-0.4, -0.2) is 35.0 Å². The highest BCUT2D eigenvalue weighted by Gasteiger charge is 2.15. The lowest BCUT2D eigenvalue weighted by Gasteiger charge is -2.21. The highest BCUT2D eigenvalue weighted by atomic mass is 35.5. The number of halogens is 1. The zero-order chi connectivity index (χ0) is 12.1. The van der Waals surface area contributed by atoms with Crippen molar-refractivity contribution < 1.29 is 4.79 Å². The minimum atomic E-state index is -0.0128. The van der Waals surface area contributed by atoms with Gasteiger partial charge >= 0.3 is 0 Å². The number of nitrogen functional groups attached to an aromatic ring is 1. The predicted molar refractivity (Wildman–Crippen MR) is 84.0 cm³/mol. The largest absolute Gasteiger partial charge is 0.399 e. The number of hydrogen-bond acceptors (Lipinski definition) is 4. The van der Waals surface area contributed by atoms with E-state index in [9.17, 15) is 4.79 Å². The third-order valence-electron chi connectivity index (χ3n) is 2.55. The summed E-state index contributed by atoms with van der Waals surface area (Å²) >= 11 is 3.91. The van der Waals surface area contributed by atoms with E-state index >= 15 is 0 Å². The quantitative estimate of drug-likeness (QED) is 0.841. The number of hydrogen-bond donors (Lipinski definition) is 2. The predicted octanol–water partition coefficient (Wildman–Crippen LogP) is 2.27. The van der Waals surface area contributed by atoms with Gasteiger partial charge in [0.25, 0.3) is 5.91 Å². The molecule has 1 aliphatic heterocycles. The molecule has 1 fully saturated rings. The summed E-state index contributed by atoms with van der Waals surface area (Å²) in [5.41, 5.74) is 6.93. The van der Waals surface area contributed by atoms with Crippen molar-refractivity contribution in [2.45, 2.75) is 5.25 Å². The molecule has 18 heavy (non-hydrogen) atoms. The summed E-state index contributed by atoms with van der Waals surface area (Å²) in [6.07, 6.45) is 0. The Hall–Kier alpha value is -0.520. The van der Waals surface area contributed by atoms with Crippen molar-refractivity contribution in [3.8, 4) is 0 Å². The van der Waals surface area contributed by atoms with E-state index in [1.165, 1.54) is 11.5 Å². The molecule has 6 heteroatoms. The van der Waals surface area contributed by atoms with E-state index in [4.69, 9.17) is 5.73 Å². The summed E-state index contributed by atoms with van der Waals surface area (Å²) in [4.78, 5) is 11.8. The van der Waals surface area contributed by atoms with E-state index < -0.39 is 0 Å². The highest BCUT2D eigenvalue weighted by molar-refractivity contribution is 8.06. The van der Waals surface area contributed by atoms with Crippen LogP contribution in [0.5, 0.6) is 0 Å². The number of anilines is 1. The van der Waals surface area contributed by atoms with Crippen LogP contribution in [0, 0.1) is 0 Å². The summed E-state index contributed by atoms with van der Waals surface area (Å²) in [5.74, 6) is 3.54. The number of nitrogens with two attached hydrogens (primary N) is 1. The van der Waals surface area contributed by atoms with Gasteiger partial charge in [-0.1, -0.05) is 0 Å². The fourth-order valence-corrected chi connectivity index (χ4v) is 4.21. The van der Waals surface area contributed by atoms with Crippen LogP contribution >= 0.6 is 35.9 Å². The Kier molecular flexibility index (Phi) is 6.75. The van der Waals surface area contributed by atoms with Gasteiger partial charge in [-0.2, -0.15) is 23.5 Å². The molecule has 0 bridgehead atoms. The number of amides is 1. The molecule has 1 heterocycles. The summed E-state index contributed by atoms with van der Waals surface area (Å²) < 4.78 is 0. The molecular weight excluding hydrogens is 288 g/mol. The van der Waals surface area contributed by atoms with Crippen LogP contribution in [0.3, 0.4) is 0 Å². The molecule has 1 unspecified atom stereocenters. The molecule has 0 spiro atoms. The average Bonchev–Trinajstić information content (AvgIpc) is 2.38. The second-order valence-corrected chi connectivity index (χ2v) is 6.46. The van der Waals surface area contributed by atoms with Gasteiger partial charge in [0.05, 0.1) is 0 Å². The molecular formula is C12H17ClN2OS2. The molecule has 3 N–H and O–H groups in total. The van der Waals surface area contributed by atoms with E-state index in [2.05, 4.69) is 5.32 Å². The summed E-state index contributed by atoms with van der Waals surface area (Å²) in [6, 6.07) is 7.01. The van der Waals surface area contributed by atoms with Crippen LogP contribution in [0.2, 0.25) is 0 Å². The third kappa shape index (κ3) is 4.63. The Labute approximate surface area is 122 Å². The average molecular weight is 305 g/mol. The molecule has 3 nitrogen and oxygen atoms in total. The van der Waals surface area contributed by atoms with Gasteiger partial charge in [0.2, 0.25) is 0 Å². The van der Waals surface area contributed by atoms with Gasteiger partial charge in [0, 0.05) is 40.3 Å². The van der Waals surface area contributed by atoms with E-state index in [0.717, 1.165) is 12.3 Å². The van der Waals surface area contributed by atoms with Crippen LogP contribution in [-0.2, 0) is 0 Å². The molecule has 0 aliphatic carbocycles. The van der Waals surface area contributed by atoms with E-state index in [1.807, 2.05) is 23.5 Å². The minimum Gasteiger partial charge on any atom is -0.399 e. The molecule has 100 valence electrons. The van der Waals surface area contributed by atoms with Gasteiger partial charge < -0.3 is 11.1 Å². The summed E-state index contributed by atoms with van der Waals surface area (Å²) in [5, 5.41) is 3.52. The van der Waals surface area contributed by atoms with Crippen LogP contribution in [0.4, 0.5) is 5.69 Å². The fraction of sp³-hybridized carbons (Fsp3) is 0.417. The van der Waals surface area contributed by atoms with Gasteiger partial charge in [-0.25, -0.2) is 0 Å². The standard InChI is InChI=1S/C12H16N2OS2.ClH/c13-10-3-1-9(2-4-10)12(15)14-7-11-8-16-5-6-17-11;/h1-4,11H,5-8,13H2,(H,14,15);1H. The number of benzene rings is 1. The molecule has 1 aromatic carbocycles. The van der Waals surface area contributed by atoms with Gasteiger partial charge in [-0.3, -0.25) is 4.79 Å². The van der Waals surface area contributed by atoms with Crippen LogP contribution < -0.4 is 11.1 Å². The molecule has 1 atom stereocenters. The summed E-state index contributed by atoms with van der Waals surface area (Å²) in [7, 11) is 0. The lowest BCUT2D eigenvalue weighted by molar-refractivity contribution is 0.0954. The number of carbonyl (C=O) groups excluding carboxylic acids is 1.